The van der Waals surface area contributed by atoms with Crippen LogP contribution in [0.3, 0.4) is 0 Å². The van der Waals surface area contributed by atoms with Gasteiger partial charge in [-0.2, -0.15) is 0 Å². The molecule has 110 valence electrons. The maximum atomic E-state index is 11.2. The normalized spacial score (nSPS) is 14.5. The minimum atomic E-state index is -0.755. The average molecular weight is 294 g/mol. The van der Waals surface area contributed by atoms with Gasteiger partial charge in [0.2, 0.25) is 5.91 Å². The van der Waals surface area contributed by atoms with E-state index in [-0.39, 0.29) is 18.3 Å². The largest absolute Gasteiger partial charge is 0.385 e. The second kappa shape index (κ2) is 10.7. The first-order valence-electron chi connectivity index (χ1n) is 5.53. The van der Waals surface area contributed by atoms with Gasteiger partial charge in [0.1, 0.15) is 19.0 Å². The van der Waals surface area contributed by atoms with E-state index in [0.29, 0.717) is 25.9 Å². The summed E-state index contributed by atoms with van der Waals surface area (Å²) in [7, 11) is 1.49. The molecule has 0 radical (unpaired) electrons. The first-order chi connectivity index (χ1) is 9.04. The Kier molecular flexibility index (Phi) is 10.1. The van der Waals surface area contributed by atoms with Gasteiger partial charge in [-0.3, -0.25) is 9.59 Å². The van der Waals surface area contributed by atoms with Gasteiger partial charge in [0.15, 0.2) is 0 Å². The number of ketones is 1. The van der Waals surface area contributed by atoms with Crippen molar-refractivity contribution in [2.45, 2.75) is 12.8 Å². The number of nitrogens with one attached hydrogen (secondary N) is 1. The lowest BCUT2D eigenvalue weighted by Crippen LogP contribution is -2.40. The highest BCUT2D eigenvalue weighted by molar-refractivity contribution is 7.77. The topological polar surface area (TPSA) is 105 Å². The monoisotopic (exact) mass is 294 g/mol. The van der Waals surface area contributed by atoms with Crippen LogP contribution in [-0.2, 0) is 24.0 Å². The molecule has 19 heavy (non-hydrogen) atoms. The van der Waals surface area contributed by atoms with Crippen LogP contribution in [0.4, 0.5) is 0 Å². The smallest absolute Gasteiger partial charge is 0.351 e. The number of Topliss-reactive ketones (excluding diaryl/α,β-unsaturated/α-hetero) is 1. The summed E-state index contributed by atoms with van der Waals surface area (Å²) < 4.78 is 4.71. The minimum absolute atomic E-state index is 0.0231. The van der Waals surface area contributed by atoms with Crippen molar-refractivity contribution < 1.29 is 29.1 Å². The Balaban J connectivity index is 0.000000399. The molecule has 1 aliphatic heterocycles. The molecule has 0 atom stereocenters. The summed E-state index contributed by atoms with van der Waals surface area (Å²) >= 11 is 3.31. The summed E-state index contributed by atoms with van der Waals surface area (Å²) in [6, 6.07) is 0. The van der Waals surface area contributed by atoms with Crippen molar-refractivity contribution in [2.75, 3.05) is 33.4 Å². The second-order valence-electron chi connectivity index (χ2n) is 3.58. The first kappa shape index (κ1) is 17.8. The number of piperidine rings is 1. The number of thiol groups is 1. The van der Waals surface area contributed by atoms with Gasteiger partial charge in [-0.15, -0.1) is 0 Å². The fourth-order valence-electron chi connectivity index (χ4n) is 1.30. The number of aliphatic hydroxyl groups excluding tert-OH is 1. The molecule has 1 amide bonds. The Labute approximate surface area is 116 Å². The molecule has 0 aromatic carbocycles. The zero-order chi connectivity index (χ0) is 14.7. The number of likely N-dealkylation sites (tertiary alicyclic amines) is 1. The van der Waals surface area contributed by atoms with Crippen LogP contribution in [0.5, 0.6) is 0 Å². The summed E-state index contributed by atoms with van der Waals surface area (Å²) in [5.41, 5.74) is 0. The third-order valence-electron chi connectivity index (χ3n) is 2.23. The van der Waals surface area contributed by atoms with E-state index in [9.17, 15) is 14.4 Å². The molecule has 0 unspecified atom stereocenters. The second-order valence-corrected chi connectivity index (χ2v) is 3.76. The molecule has 8 nitrogen and oxygen atoms in total. The molecule has 0 spiro atoms. The van der Waals surface area contributed by atoms with Crippen molar-refractivity contribution in [2.24, 2.45) is 0 Å². The summed E-state index contributed by atoms with van der Waals surface area (Å²) in [4.78, 5) is 39.2. The number of nitrogens with zero attached hydrogens (tertiary/aromatic N) is 1. The molecule has 0 bridgehead atoms. The Hall–Kier alpha value is -1.16. The Morgan fingerprint density at radius 2 is 2.00 bits per heavy atom. The Bertz CT molecular complexity index is 302. The van der Waals surface area contributed by atoms with Crippen molar-refractivity contribution in [3.05, 3.63) is 0 Å². The maximum absolute atomic E-state index is 11.2. The fourth-order valence-corrected chi connectivity index (χ4v) is 1.41. The van der Waals surface area contributed by atoms with E-state index in [1.54, 1.807) is 9.79 Å². The molecule has 0 saturated carbocycles. The van der Waals surface area contributed by atoms with Crippen molar-refractivity contribution in [1.82, 2.24) is 9.79 Å². The van der Waals surface area contributed by atoms with Crippen LogP contribution in [-0.4, -0.2) is 61.1 Å². The van der Waals surface area contributed by atoms with E-state index >= 15 is 0 Å². The molecule has 1 heterocycles. The molecule has 1 rings (SSSR count). The summed E-state index contributed by atoms with van der Waals surface area (Å²) in [6.07, 6.45) is 0.991. The molecular weight excluding hydrogens is 276 g/mol. The summed E-state index contributed by atoms with van der Waals surface area (Å²) in [5.74, 6) is -0.531. The van der Waals surface area contributed by atoms with E-state index < -0.39 is 12.6 Å². The number of rotatable bonds is 4. The maximum Gasteiger partial charge on any atom is 0.351 e. The quantitative estimate of drug-likeness (QED) is 0.437. The van der Waals surface area contributed by atoms with Gasteiger partial charge in [0.25, 0.3) is 0 Å². The first-order valence-corrected chi connectivity index (χ1v) is 5.97. The number of hydrogen-bond donors (Lipinski definition) is 3. The predicted molar refractivity (Wildman–Crippen MR) is 68.0 cm³/mol. The van der Waals surface area contributed by atoms with Crippen LogP contribution in [0.25, 0.3) is 0 Å². The molecule has 2 N–H and O–H groups in total. The highest BCUT2D eigenvalue weighted by Gasteiger charge is 2.19. The van der Waals surface area contributed by atoms with Gasteiger partial charge in [-0.1, -0.05) is 17.7 Å². The van der Waals surface area contributed by atoms with E-state index in [1.807, 2.05) is 0 Å². The average Bonchev–Trinajstić information content (AvgIpc) is 2.40. The van der Waals surface area contributed by atoms with Crippen LogP contribution >= 0.6 is 12.8 Å². The molecule has 0 aromatic rings. The molecule has 9 heteroatoms. The van der Waals surface area contributed by atoms with Crippen LogP contribution in [0.15, 0.2) is 0 Å². The van der Waals surface area contributed by atoms with Crippen LogP contribution in [0.2, 0.25) is 0 Å². The lowest BCUT2D eigenvalue weighted by Gasteiger charge is -2.25. The van der Waals surface area contributed by atoms with Crippen LogP contribution in [0, 0.1) is 0 Å². The Morgan fingerprint density at radius 3 is 2.37 bits per heavy atom. The number of hydrogen-bond acceptors (Lipinski definition) is 8. The number of amides is 1. The van der Waals surface area contributed by atoms with Gasteiger partial charge in [-0.05, 0) is 0 Å². The number of carbonyl (C=O) groups is 3. The summed E-state index contributed by atoms with van der Waals surface area (Å²) in [6.45, 7) is 0.601. The third kappa shape index (κ3) is 8.54. The van der Waals surface area contributed by atoms with Crippen LogP contribution in [0.1, 0.15) is 12.8 Å². The molecule has 0 aromatic heterocycles. The lowest BCUT2D eigenvalue weighted by atomic mass is 10.1. The van der Waals surface area contributed by atoms with E-state index in [0.717, 1.165) is 0 Å². The van der Waals surface area contributed by atoms with Crippen LogP contribution < -0.4 is 4.89 Å². The van der Waals surface area contributed by atoms with Crippen molar-refractivity contribution in [3.8, 4) is 0 Å². The van der Waals surface area contributed by atoms with Gasteiger partial charge in [0, 0.05) is 33.0 Å². The minimum Gasteiger partial charge on any atom is -0.385 e. The van der Waals surface area contributed by atoms with E-state index in [2.05, 4.69) is 17.7 Å². The number of ether oxygens (including phenoxy) is 1. The lowest BCUT2D eigenvalue weighted by molar-refractivity contribution is -0.149. The summed E-state index contributed by atoms with van der Waals surface area (Å²) in [5, 5.41) is 7.92. The van der Waals surface area contributed by atoms with Gasteiger partial charge >= 0.3 is 5.97 Å². The van der Waals surface area contributed by atoms with Crippen molar-refractivity contribution >= 4 is 30.5 Å². The van der Waals surface area contributed by atoms with E-state index in [4.69, 9.17) is 9.84 Å². The van der Waals surface area contributed by atoms with Crippen molar-refractivity contribution in [3.63, 3.8) is 0 Å². The van der Waals surface area contributed by atoms with Gasteiger partial charge in [-0.25, -0.2) is 4.79 Å². The molecule has 0 aliphatic carbocycles. The predicted octanol–water partition coefficient (Wildman–Crippen LogP) is -1.30. The van der Waals surface area contributed by atoms with E-state index in [1.165, 1.54) is 7.11 Å². The Morgan fingerprint density at radius 1 is 1.42 bits per heavy atom. The number of carbonyl (C=O) groups excluding carboxylic acids is 3. The highest BCUT2D eigenvalue weighted by atomic mass is 32.1. The molecule has 1 fully saturated rings. The number of aliphatic hydroxyl groups is 1. The zero-order valence-electron chi connectivity index (χ0n) is 10.6. The highest BCUT2D eigenvalue weighted by Crippen LogP contribution is 2.05. The third-order valence-corrected chi connectivity index (χ3v) is 2.32. The number of methoxy groups -OCH3 is 1. The van der Waals surface area contributed by atoms with Gasteiger partial charge < -0.3 is 19.6 Å². The molecule has 1 saturated heterocycles. The zero-order valence-corrected chi connectivity index (χ0v) is 11.5. The van der Waals surface area contributed by atoms with Gasteiger partial charge in [0.05, 0.1) is 0 Å². The molecular formula is C10H18N2O6S. The standard InChI is InChI=1S/C8H13NO3.C2H5NO3S/c1-12-6-8(11)9-4-2-7(10)3-5-9;4-1-2(5)6-3-7/h2-6H2,1H3;3-4,7H,1H2. The SMILES string of the molecule is COCC(=O)N1CCC(=O)CC1.O=C(CO)ONS. The molecule has 1 aliphatic rings. The van der Waals surface area contributed by atoms with Crippen molar-refractivity contribution in [1.29, 1.82) is 0 Å². The fraction of sp³-hybridized carbons (Fsp3) is 0.700.